The molecule has 1 aromatic rings. The highest BCUT2D eigenvalue weighted by Crippen LogP contribution is 2.40. The molecule has 1 atom stereocenters. The topological polar surface area (TPSA) is 12.0 Å². The molecule has 1 aromatic carbocycles. The zero-order valence-electron chi connectivity index (χ0n) is 11.4. The molecule has 0 aliphatic heterocycles. The van der Waals surface area contributed by atoms with Crippen LogP contribution in [0.4, 0.5) is 13.2 Å². The van der Waals surface area contributed by atoms with E-state index >= 15 is 0 Å². The van der Waals surface area contributed by atoms with Crippen LogP contribution in [-0.2, 0) is 6.18 Å². The van der Waals surface area contributed by atoms with Gasteiger partial charge in [0.05, 0.1) is 5.56 Å². The van der Waals surface area contributed by atoms with E-state index < -0.39 is 11.7 Å². The summed E-state index contributed by atoms with van der Waals surface area (Å²) in [5.74, 6) is 0.723. The molecule has 1 unspecified atom stereocenters. The van der Waals surface area contributed by atoms with Crippen LogP contribution < -0.4 is 5.32 Å². The molecule has 1 N–H and O–H groups in total. The minimum absolute atomic E-state index is 0.217. The number of halogens is 4. The Hall–Kier alpha value is -0.550. The Morgan fingerprint density at radius 2 is 2.05 bits per heavy atom. The number of hydrogen-bond donors (Lipinski definition) is 1. The number of nitrogens with one attached hydrogen (secondary N) is 1. The third kappa shape index (κ3) is 4.22. The van der Waals surface area contributed by atoms with Crippen molar-refractivity contribution in [2.75, 3.05) is 6.54 Å². The zero-order chi connectivity index (χ0) is 14.8. The van der Waals surface area contributed by atoms with Crippen molar-refractivity contribution in [1.29, 1.82) is 0 Å². The van der Waals surface area contributed by atoms with Crippen molar-refractivity contribution in [3.63, 3.8) is 0 Å². The Morgan fingerprint density at radius 1 is 1.35 bits per heavy atom. The van der Waals surface area contributed by atoms with Crippen LogP contribution in [0, 0.1) is 5.92 Å². The molecule has 1 aliphatic carbocycles. The Balaban J connectivity index is 2.25. The second kappa shape index (κ2) is 6.48. The first-order chi connectivity index (χ1) is 9.41. The fourth-order valence-electron chi connectivity index (χ4n) is 2.50. The van der Waals surface area contributed by atoms with Gasteiger partial charge < -0.3 is 5.32 Å². The van der Waals surface area contributed by atoms with Gasteiger partial charge in [-0.25, -0.2) is 0 Å². The van der Waals surface area contributed by atoms with Crippen LogP contribution in [0.2, 0.25) is 0 Å². The average molecular weight is 350 g/mol. The lowest BCUT2D eigenvalue weighted by atomic mass is 9.95. The lowest BCUT2D eigenvalue weighted by molar-refractivity contribution is -0.138. The quantitative estimate of drug-likeness (QED) is 0.733. The summed E-state index contributed by atoms with van der Waals surface area (Å²) in [5.41, 5.74) is -0.170. The fourth-order valence-corrected chi connectivity index (χ4v) is 2.86. The first kappa shape index (κ1) is 15.8. The number of benzene rings is 1. The Morgan fingerprint density at radius 3 is 2.60 bits per heavy atom. The second-order valence-corrected chi connectivity index (χ2v) is 6.28. The van der Waals surface area contributed by atoms with Gasteiger partial charge in [-0.05, 0) is 43.0 Å². The lowest BCUT2D eigenvalue weighted by Crippen LogP contribution is -2.24. The first-order valence-corrected chi connectivity index (χ1v) is 7.81. The van der Waals surface area contributed by atoms with Crippen LogP contribution in [0.5, 0.6) is 0 Å². The normalized spacial score (nSPS) is 17.2. The van der Waals surface area contributed by atoms with E-state index in [2.05, 4.69) is 21.2 Å². The predicted octanol–water partition coefficient (Wildman–Crippen LogP) is 5.31. The summed E-state index contributed by atoms with van der Waals surface area (Å²) in [6, 6.07) is 4.24. The molecule has 1 aliphatic rings. The van der Waals surface area contributed by atoms with Gasteiger partial charge in [-0.1, -0.05) is 41.8 Å². The summed E-state index contributed by atoms with van der Waals surface area (Å²) in [6.45, 7) is 2.60. The van der Waals surface area contributed by atoms with Gasteiger partial charge >= 0.3 is 6.18 Å². The average Bonchev–Trinajstić information content (AvgIpc) is 3.17. The van der Waals surface area contributed by atoms with Crippen LogP contribution in [0.15, 0.2) is 22.7 Å². The van der Waals surface area contributed by atoms with Crippen molar-refractivity contribution in [2.45, 2.75) is 44.8 Å². The SMILES string of the molecule is CCNC(CCC1CC1)c1ccc(Br)cc1C(F)(F)F. The maximum atomic E-state index is 13.2. The summed E-state index contributed by atoms with van der Waals surface area (Å²) in [4.78, 5) is 0. The highest BCUT2D eigenvalue weighted by atomic mass is 79.9. The molecule has 0 aromatic heterocycles. The van der Waals surface area contributed by atoms with Gasteiger partial charge in [0.2, 0.25) is 0 Å². The molecule has 2 rings (SSSR count). The van der Waals surface area contributed by atoms with Crippen molar-refractivity contribution >= 4 is 15.9 Å². The molecule has 1 nitrogen and oxygen atoms in total. The zero-order valence-corrected chi connectivity index (χ0v) is 13.0. The van der Waals surface area contributed by atoms with Crippen LogP contribution >= 0.6 is 15.9 Å². The van der Waals surface area contributed by atoms with Gasteiger partial charge in [0.15, 0.2) is 0 Å². The minimum atomic E-state index is -4.31. The van der Waals surface area contributed by atoms with Gasteiger partial charge in [0.25, 0.3) is 0 Å². The summed E-state index contributed by atoms with van der Waals surface area (Å²) in [7, 11) is 0. The molecule has 0 spiro atoms. The fraction of sp³-hybridized carbons (Fsp3) is 0.600. The largest absolute Gasteiger partial charge is 0.416 e. The second-order valence-electron chi connectivity index (χ2n) is 5.36. The predicted molar refractivity (Wildman–Crippen MR) is 77.5 cm³/mol. The van der Waals surface area contributed by atoms with E-state index in [1.165, 1.54) is 18.9 Å². The van der Waals surface area contributed by atoms with E-state index in [0.717, 1.165) is 18.8 Å². The molecule has 1 fully saturated rings. The summed E-state index contributed by atoms with van der Waals surface area (Å²) >= 11 is 3.13. The Bertz CT molecular complexity index is 455. The van der Waals surface area contributed by atoms with Crippen LogP contribution in [-0.4, -0.2) is 6.54 Å². The van der Waals surface area contributed by atoms with E-state index in [-0.39, 0.29) is 6.04 Å². The molecule has 20 heavy (non-hydrogen) atoms. The van der Waals surface area contributed by atoms with E-state index in [1.54, 1.807) is 12.1 Å². The summed E-state index contributed by atoms with van der Waals surface area (Å²) in [6.07, 6.45) is -0.0861. The van der Waals surface area contributed by atoms with Crippen molar-refractivity contribution in [2.24, 2.45) is 5.92 Å². The molecule has 0 amide bonds. The first-order valence-electron chi connectivity index (χ1n) is 7.01. The van der Waals surface area contributed by atoms with Gasteiger partial charge in [-0.3, -0.25) is 0 Å². The van der Waals surface area contributed by atoms with E-state index in [0.29, 0.717) is 16.6 Å². The molecule has 1 saturated carbocycles. The Labute approximate surface area is 126 Å². The molecule has 0 heterocycles. The summed E-state index contributed by atoms with van der Waals surface area (Å²) < 4.78 is 40.0. The van der Waals surface area contributed by atoms with E-state index in [1.807, 2.05) is 6.92 Å². The molecule has 5 heteroatoms. The smallest absolute Gasteiger partial charge is 0.310 e. The highest BCUT2D eigenvalue weighted by Gasteiger charge is 2.35. The molecule has 0 radical (unpaired) electrons. The van der Waals surface area contributed by atoms with Crippen molar-refractivity contribution in [3.05, 3.63) is 33.8 Å². The molecule has 112 valence electrons. The van der Waals surface area contributed by atoms with Crippen molar-refractivity contribution < 1.29 is 13.2 Å². The van der Waals surface area contributed by atoms with E-state index in [9.17, 15) is 13.2 Å². The van der Waals surface area contributed by atoms with Gasteiger partial charge in [0.1, 0.15) is 0 Å². The number of hydrogen-bond acceptors (Lipinski definition) is 1. The number of rotatable bonds is 6. The van der Waals surface area contributed by atoms with Crippen molar-refractivity contribution in [1.82, 2.24) is 5.32 Å². The monoisotopic (exact) mass is 349 g/mol. The van der Waals surface area contributed by atoms with Crippen LogP contribution in [0.25, 0.3) is 0 Å². The van der Waals surface area contributed by atoms with Gasteiger partial charge in [0, 0.05) is 10.5 Å². The molecular weight excluding hydrogens is 331 g/mol. The molecule has 0 bridgehead atoms. The number of alkyl halides is 3. The van der Waals surface area contributed by atoms with Gasteiger partial charge in [-0.2, -0.15) is 13.2 Å². The Kier molecular flexibility index (Phi) is 5.13. The molecule has 0 saturated heterocycles. The van der Waals surface area contributed by atoms with Crippen LogP contribution in [0.3, 0.4) is 0 Å². The van der Waals surface area contributed by atoms with E-state index in [4.69, 9.17) is 0 Å². The third-order valence-electron chi connectivity index (χ3n) is 3.71. The highest BCUT2D eigenvalue weighted by molar-refractivity contribution is 9.10. The van der Waals surface area contributed by atoms with Crippen LogP contribution in [0.1, 0.15) is 49.8 Å². The van der Waals surface area contributed by atoms with Crippen molar-refractivity contribution in [3.8, 4) is 0 Å². The maximum absolute atomic E-state index is 13.2. The standard InChI is InChI=1S/C15H19BrF3N/c1-2-20-14(8-5-10-3-4-10)12-7-6-11(16)9-13(12)15(17,18)19/h6-7,9-10,14,20H,2-5,8H2,1H3. The molecular formula is C15H19BrF3N. The lowest BCUT2D eigenvalue weighted by Gasteiger charge is -2.23. The minimum Gasteiger partial charge on any atom is -0.310 e. The third-order valence-corrected chi connectivity index (χ3v) is 4.20. The van der Waals surface area contributed by atoms with Gasteiger partial charge in [-0.15, -0.1) is 0 Å². The summed E-state index contributed by atoms with van der Waals surface area (Å²) in [5, 5.41) is 3.20. The maximum Gasteiger partial charge on any atom is 0.416 e.